The molecule has 0 fully saturated rings. The highest BCUT2D eigenvalue weighted by molar-refractivity contribution is 9.10. The van der Waals surface area contributed by atoms with Gasteiger partial charge in [-0.2, -0.15) is 0 Å². The Kier molecular flexibility index (Phi) is 2.27. The van der Waals surface area contributed by atoms with E-state index in [2.05, 4.69) is 35.8 Å². The van der Waals surface area contributed by atoms with Gasteiger partial charge in [0.1, 0.15) is 0 Å². The molecule has 0 aliphatic carbocycles. The smallest absolute Gasteiger partial charge is 0.0696 e. The highest BCUT2D eigenvalue weighted by Crippen LogP contribution is 2.27. The number of halogens is 1. The molecule has 0 amide bonds. The molecule has 0 spiro atoms. The van der Waals surface area contributed by atoms with Gasteiger partial charge in [-0.15, -0.1) is 0 Å². The highest BCUT2D eigenvalue weighted by Gasteiger charge is 2.10. The molecule has 0 aliphatic rings. The van der Waals surface area contributed by atoms with Crippen molar-refractivity contribution in [3.8, 4) is 0 Å². The lowest BCUT2D eigenvalue weighted by Crippen LogP contribution is -2.09. The largest absolute Gasteiger partial charge is 0.339 e. The third kappa shape index (κ3) is 1.23. The van der Waals surface area contributed by atoms with Crippen LogP contribution in [-0.4, -0.2) is 4.68 Å². The minimum Gasteiger partial charge on any atom is -0.339 e. The van der Waals surface area contributed by atoms with Crippen molar-refractivity contribution in [2.75, 3.05) is 5.84 Å². The third-order valence-corrected chi connectivity index (χ3v) is 3.19. The maximum absolute atomic E-state index is 5.97. The van der Waals surface area contributed by atoms with E-state index in [1.807, 2.05) is 12.1 Å². The summed E-state index contributed by atoms with van der Waals surface area (Å²) >= 11 is 3.48. The molecule has 0 bridgehead atoms. The van der Waals surface area contributed by atoms with Crippen LogP contribution in [0.3, 0.4) is 0 Å². The minimum absolute atomic E-state index is 1.02. The Morgan fingerprint density at radius 3 is 2.79 bits per heavy atom. The Morgan fingerprint density at radius 1 is 1.43 bits per heavy atom. The average Bonchev–Trinajstić information content (AvgIpc) is 2.39. The lowest BCUT2D eigenvalue weighted by molar-refractivity contribution is 0.968. The maximum Gasteiger partial charge on any atom is 0.0696 e. The van der Waals surface area contributed by atoms with Gasteiger partial charge in [0, 0.05) is 15.6 Å². The third-order valence-electron chi connectivity index (χ3n) is 2.69. The van der Waals surface area contributed by atoms with Gasteiger partial charge in [-0.25, -0.2) is 0 Å². The summed E-state index contributed by atoms with van der Waals surface area (Å²) < 4.78 is 2.87. The first-order valence-electron chi connectivity index (χ1n) is 4.69. The predicted molar refractivity (Wildman–Crippen MR) is 63.9 cm³/mol. The minimum atomic E-state index is 1.02. The molecule has 1 heterocycles. The van der Waals surface area contributed by atoms with E-state index in [1.54, 1.807) is 4.68 Å². The molecule has 0 radical (unpaired) electrons. The fourth-order valence-corrected chi connectivity index (χ4v) is 2.29. The number of nitrogen functional groups attached to an aromatic ring is 1. The summed E-state index contributed by atoms with van der Waals surface area (Å²) in [6, 6.07) is 6.20. The number of aromatic nitrogens is 1. The Hall–Kier alpha value is -0.960. The zero-order valence-electron chi connectivity index (χ0n) is 8.34. The molecule has 2 rings (SSSR count). The van der Waals surface area contributed by atoms with Gasteiger partial charge in [-0.3, -0.25) is 4.68 Å². The molecule has 14 heavy (non-hydrogen) atoms. The Balaban J connectivity index is 2.89. The van der Waals surface area contributed by atoms with Crippen molar-refractivity contribution in [2.45, 2.75) is 20.3 Å². The zero-order chi connectivity index (χ0) is 10.3. The van der Waals surface area contributed by atoms with Crippen LogP contribution in [0.1, 0.15) is 18.2 Å². The van der Waals surface area contributed by atoms with Crippen LogP contribution in [0, 0.1) is 6.92 Å². The van der Waals surface area contributed by atoms with Crippen LogP contribution in [0.15, 0.2) is 22.7 Å². The van der Waals surface area contributed by atoms with E-state index in [1.165, 1.54) is 10.9 Å². The van der Waals surface area contributed by atoms with Gasteiger partial charge >= 0.3 is 0 Å². The van der Waals surface area contributed by atoms with Crippen LogP contribution in [-0.2, 0) is 6.42 Å². The first kappa shape index (κ1) is 9.59. The average molecular weight is 253 g/mol. The van der Waals surface area contributed by atoms with E-state index >= 15 is 0 Å². The normalized spacial score (nSPS) is 11.1. The van der Waals surface area contributed by atoms with Crippen molar-refractivity contribution >= 4 is 26.8 Å². The van der Waals surface area contributed by atoms with Crippen molar-refractivity contribution < 1.29 is 0 Å². The molecule has 2 aromatic rings. The number of fused-ring (bicyclic) bond motifs is 1. The second kappa shape index (κ2) is 3.31. The van der Waals surface area contributed by atoms with E-state index < -0.39 is 0 Å². The molecule has 0 atom stereocenters. The monoisotopic (exact) mass is 252 g/mol. The SMILES string of the molecule is CCc1c(C)n(N)c2ccc(Br)cc12. The first-order valence-corrected chi connectivity index (χ1v) is 5.49. The summed E-state index contributed by atoms with van der Waals surface area (Å²) in [7, 11) is 0. The molecular formula is C11H13BrN2. The molecule has 2 N–H and O–H groups in total. The predicted octanol–water partition coefficient (Wildman–Crippen LogP) is 2.99. The van der Waals surface area contributed by atoms with Gasteiger partial charge < -0.3 is 5.84 Å². The molecule has 3 heteroatoms. The Labute approximate surface area is 91.8 Å². The van der Waals surface area contributed by atoms with Crippen molar-refractivity contribution in [1.82, 2.24) is 4.68 Å². The van der Waals surface area contributed by atoms with Crippen LogP contribution in [0.25, 0.3) is 10.9 Å². The Bertz CT molecular complexity index is 485. The lowest BCUT2D eigenvalue weighted by Gasteiger charge is -1.98. The van der Waals surface area contributed by atoms with Gasteiger partial charge in [-0.05, 0) is 37.1 Å². The van der Waals surface area contributed by atoms with Crippen molar-refractivity contribution in [1.29, 1.82) is 0 Å². The lowest BCUT2D eigenvalue weighted by atomic mass is 10.1. The molecule has 0 saturated heterocycles. The van der Waals surface area contributed by atoms with Crippen molar-refractivity contribution in [3.05, 3.63) is 33.9 Å². The highest BCUT2D eigenvalue weighted by atomic mass is 79.9. The van der Waals surface area contributed by atoms with Gasteiger partial charge in [0.25, 0.3) is 0 Å². The second-order valence-corrected chi connectivity index (χ2v) is 4.36. The second-order valence-electron chi connectivity index (χ2n) is 3.45. The van der Waals surface area contributed by atoms with E-state index in [0.29, 0.717) is 0 Å². The van der Waals surface area contributed by atoms with E-state index in [-0.39, 0.29) is 0 Å². The summed E-state index contributed by atoms with van der Waals surface area (Å²) in [5.74, 6) is 5.97. The van der Waals surface area contributed by atoms with E-state index in [4.69, 9.17) is 5.84 Å². The standard InChI is InChI=1S/C11H13BrN2/c1-3-9-7(2)14(13)11-5-4-8(12)6-10(9)11/h4-6H,3,13H2,1-2H3. The number of nitrogens with two attached hydrogens (primary N) is 1. The molecule has 74 valence electrons. The number of rotatable bonds is 1. The zero-order valence-corrected chi connectivity index (χ0v) is 9.93. The Morgan fingerprint density at radius 2 is 2.14 bits per heavy atom. The van der Waals surface area contributed by atoms with E-state index in [9.17, 15) is 0 Å². The van der Waals surface area contributed by atoms with Crippen LogP contribution < -0.4 is 5.84 Å². The van der Waals surface area contributed by atoms with Crippen LogP contribution >= 0.6 is 15.9 Å². The fourth-order valence-electron chi connectivity index (χ4n) is 1.93. The van der Waals surface area contributed by atoms with Gasteiger partial charge in [0.05, 0.1) is 5.52 Å². The summed E-state index contributed by atoms with van der Waals surface area (Å²) in [4.78, 5) is 0. The molecule has 0 unspecified atom stereocenters. The topological polar surface area (TPSA) is 30.9 Å². The number of hydrogen-bond acceptors (Lipinski definition) is 1. The molecule has 1 aromatic carbocycles. The van der Waals surface area contributed by atoms with Crippen LogP contribution in [0.2, 0.25) is 0 Å². The van der Waals surface area contributed by atoms with Crippen LogP contribution in [0.5, 0.6) is 0 Å². The molecular weight excluding hydrogens is 240 g/mol. The number of aryl methyl sites for hydroxylation is 1. The quantitative estimate of drug-likeness (QED) is 0.778. The van der Waals surface area contributed by atoms with Gasteiger partial charge in [0.2, 0.25) is 0 Å². The van der Waals surface area contributed by atoms with Crippen molar-refractivity contribution in [3.63, 3.8) is 0 Å². The van der Waals surface area contributed by atoms with Gasteiger partial charge in [-0.1, -0.05) is 22.9 Å². The molecule has 0 saturated carbocycles. The van der Waals surface area contributed by atoms with Gasteiger partial charge in [0.15, 0.2) is 0 Å². The molecule has 0 aliphatic heterocycles. The van der Waals surface area contributed by atoms with Crippen LogP contribution in [0.4, 0.5) is 0 Å². The van der Waals surface area contributed by atoms with E-state index in [0.717, 1.165) is 22.1 Å². The molecule has 1 aromatic heterocycles. The summed E-state index contributed by atoms with van der Waals surface area (Å²) in [6.45, 7) is 4.22. The number of hydrogen-bond donors (Lipinski definition) is 1. The summed E-state index contributed by atoms with van der Waals surface area (Å²) in [5, 5.41) is 1.25. The maximum atomic E-state index is 5.97. The molecule has 2 nitrogen and oxygen atoms in total. The number of benzene rings is 1. The summed E-state index contributed by atoms with van der Waals surface area (Å²) in [6.07, 6.45) is 1.02. The first-order chi connectivity index (χ1) is 6.65. The summed E-state index contributed by atoms with van der Waals surface area (Å²) in [5.41, 5.74) is 3.59. The van der Waals surface area contributed by atoms with Crippen molar-refractivity contribution in [2.24, 2.45) is 0 Å². The number of nitrogens with zero attached hydrogens (tertiary/aromatic N) is 1. The fraction of sp³-hybridized carbons (Fsp3) is 0.273.